The Bertz CT molecular complexity index is 493. The number of esters is 1. The molecule has 122 valence electrons. The topological polar surface area (TPSA) is 64.6 Å². The summed E-state index contributed by atoms with van der Waals surface area (Å²) >= 11 is 0. The molecule has 0 aromatic heterocycles. The van der Waals surface area contributed by atoms with E-state index in [1.807, 2.05) is 0 Å². The number of benzene rings is 1. The summed E-state index contributed by atoms with van der Waals surface area (Å²) in [5.41, 5.74) is 0.716. The molecule has 0 aliphatic heterocycles. The Morgan fingerprint density at radius 3 is 2.82 bits per heavy atom. The first kappa shape index (κ1) is 18.1. The first-order chi connectivity index (χ1) is 10.5. The van der Waals surface area contributed by atoms with E-state index >= 15 is 0 Å². The van der Waals surface area contributed by atoms with Gasteiger partial charge in [0.1, 0.15) is 5.82 Å². The molecule has 1 rings (SSSR count). The second-order valence-electron chi connectivity index (χ2n) is 5.04. The van der Waals surface area contributed by atoms with Gasteiger partial charge in [0.05, 0.1) is 5.92 Å². The summed E-state index contributed by atoms with van der Waals surface area (Å²) in [4.78, 5) is 23.3. The molecule has 0 fully saturated rings. The molecule has 5 nitrogen and oxygen atoms in total. The number of amides is 1. The van der Waals surface area contributed by atoms with Crippen molar-refractivity contribution in [2.24, 2.45) is 5.92 Å². The zero-order valence-corrected chi connectivity index (χ0v) is 12.9. The Morgan fingerprint density at radius 2 is 2.14 bits per heavy atom. The molecule has 1 atom stereocenters. The highest BCUT2D eigenvalue weighted by atomic mass is 19.1. The maximum absolute atomic E-state index is 13.1. The van der Waals surface area contributed by atoms with Crippen molar-refractivity contribution >= 4 is 11.9 Å². The van der Waals surface area contributed by atoms with Gasteiger partial charge in [0.2, 0.25) is 0 Å². The molecule has 0 radical (unpaired) electrons. The third-order valence-corrected chi connectivity index (χ3v) is 3.03. The van der Waals surface area contributed by atoms with E-state index in [1.165, 1.54) is 12.1 Å². The molecule has 6 heteroatoms. The Kier molecular flexibility index (Phi) is 8.14. The zero-order valence-electron chi connectivity index (χ0n) is 12.9. The third-order valence-electron chi connectivity index (χ3n) is 3.03. The van der Waals surface area contributed by atoms with Crippen LogP contribution < -0.4 is 5.32 Å². The van der Waals surface area contributed by atoms with E-state index in [0.717, 1.165) is 0 Å². The van der Waals surface area contributed by atoms with Crippen molar-refractivity contribution in [1.29, 1.82) is 0 Å². The van der Waals surface area contributed by atoms with Crippen molar-refractivity contribution in [2.45, 2.75) is 19.8 Å². The van der Waals surface area contributed by atoms with Gasteiger partial charge in [-0.05, 0) is 30.5 Å². The van der Waals surface area contributed by atoms with Gasteiger partial charge in [0.15, 0.2) is 6.61 Å². The molecule has 1 aromatic rings. The number of hydrogen-bond donors (Lipinski definition) is 1. The summed E-state index contributed by atoms with van der Waals surface area (Å²) < 4.78 is 22.9. The average molecular weight is 311 g/mol. The molecule has 0 aliphatic rings. The number of ether oxygens (including phenoxy) is 2. The lowest BCUT2D eigenvalue weighted by Gasteiger charge is -2.11. The average Bonchev–Trinajstić information content (AvgIpc) is 2.49. The smallest absolute Gasteiger partial charge is 0.309 e. The van der Waals surface area contributed by atoms with Crippen LogP contribution in [0.3, 0.4) is 0 Å². The van der Waals surface area contributed by atoms with Crippen molar-refractivity contribution in [1.82, 2.24) is 5.32 Å². The van der Waals surface area contributed by atoms with Crippen LogP contribution in [0, 0.1) is 11.7 Å². The molecule has 1 amide bonds. The molecular weight excluding hydrogens is 289 g/mol. The van der Waals surface area contributed by atoms with E-state index in [2.05, 4.69) is 5.32 Å². The monoisotopic (exact) mass is 311 g/mol. The second-order valence-corrected chi connectivity index (χ2v) is 5.04. The molecule has 0 aliphatic carbocycles. The largest absolute Gasteiger partial charge is 0.455 e. The highest BCUT2D eigenvalue weighted by Gasteiger charge is 2.16. The molecular formula is C16H22FNO4. The quantitative estimate of drug-likeness (QED) is 0.557. The van der Waals surface area contributed by atoms with E-state index in [0.29, 0.717) is 31.6 Å². The van der Waals surface area contributed by atoms with Crippen LogP contribution in [0.5, 0.6) is 0 Å². The van der Waals surface area contributed by atoms with E-state index in [1.54, 1.807) is 26.2 Å². The van der Waals surface area contributed by atoms with Crippen LogP contribution in [0.1, 0.15) is 18.9 Å². The molecule has 0 bridgehead atoms. The van der Waals surface area contributed by atoms with Gasteiger partial charge in [-0.15, -0.1) is 0 Å². The molecule has 0 saturated carbocycles. The molecule has 1 N–H and O–H groups in total. The van der Waals surface area contributed by atoms with E-state index in [9.17, 15) is 14.0 Å². The lowest BCUT2D eigenvalue weighted by Crippen LogP contribution is -2.31. The van der Waals surface area contributed by atoms with Crippen molar-refractivity contribution in [2.75, 3.05) is 26.9 Å². The summed E-state index contributed by atoms with van der Waals surface area (Å²) in [6.07, 6.45) is 1.07. The van der Waals surface area contributed by atoms with Crippen LogP contribution in [-0.2, 0) is 25.5 Å². The number of methoxy groups -OCH3 is 1. The second kappa shape index (κ2) is 9.89. The lowest BCUT2D eigenvalue weighted by atomic mass is 10.0. The van der Waals surface area contributed by atoms with Crippen LogP contribution in [0.4, 0.5) is 4.39 Å². The van der Waals surface area contributed by atoms with E-state index in [4.69, 9.17) is 9.47 Å². The normalized spacial score (nSPS) is 11.8. The molecule has 1 unspecified atom stereocenters. The van der Waals surface area contributed by atoms with Gasteiger partial charge in [-0.3, -0.25) is 9.59 Å². The minimum absolute atomic E-state index is 0.306. The van der Waals surface area contributed by atoms with Gasteiger partial charge in [0, 0.05) is 20.3 Å². The Morgan fingerprint density at radius 1 is 1.36 bits per heavy atom. The van der Waals surface area contributed by atoms with Gasteiger partial charge in [0.25, 0.3) is 5.91 Å². The lowest BCUT2D eigenvalue weighted by molar-refractivity contribution is -0.152. The fourth-order valence-electron chi connectivity index (χ4n) is 1.88. The van der Waals surface area contributed by atoms with Gasteiger partial charge in [-0.1, -0.05) is 19.1 Å². The maximum atomic E-state index is 13.1. The van der Waals surface area contributed by atoms with Crippen LogP contribution in [0.2, 0.25) is 0 Å². The van der Waals surface area contributed by atoms with Crippen molar-refractivity contribution in [3.05, 3.63) is 35.6 Å². The minimum atomic E-state index is -0.476. The molecule has 1 aromatic carbocycles. The van der Waals surface area contributed by atoms with Crippen LogP contribution >= 0.6 is 0 Å². The first-order valence-electron chi connectivity index (χ1n) is 7.19. The Hall–Kier alpha value is -1.95. The fraction of sp³-hybridized carbons (Fsp3) is 0.500. The number of halogens is 1. The molecule has 0 spiro atoms. The third kappa shape index (κ3) is 7.17. The summed E-state index contributed by atoms with van der Waals surface area (Å²) in [6, 6.07) is 6.07. The van der Waals surface area contributed by atoms with Crippen LogP contribution in [-0.4, -0.2) is 38.7 Å². The summed E-state index contributed by atoms with van der Waals surface area (Å²) in [5.74, 6) is -1.60. The van der Waals surface area contributed by atoms with Crippen molar-refractivity contribution < 1.29 is 23.5 Å². The molecule has 22 heavy (non-hydrogen) atoms. The Labute approximate surface area is 129 Å². The van der Waals surface area contributed by atoms with Crippen LogP contribution in [0.15, 0.2) is 24.3 Å². The standard InChI is InChI=1S/C16H22FNO4/c1-12(9-13-5-3-6-14(17)10-13)16(20)22-11-15(19)18-7-4-8-21-2/h3,5-6,10,12H,4,7-9,11H2,1-2H3,(H,18,19). The number of carbonyl (C=O) groups excluding carboxylic acids is 2. The number of hydrogen-bond acceptors (Lipinski definition) is 4. The van der Waals surface area contributed by atoms with Gasteiger partial charge in [-0.25, -0.2) is 4.39 Å². The number of carbonyl (C=O) groups is 2. The van der Waals surface area contributed by atoms with Gasteiger partial charge >= 0.3 is 5.97 Å². The highest BCUT2D eigenvalue weighted by Crippen LogP contribution is 2.11. The summed E-state index contributed by atoms with van der Waals surface area (Å²) in [6.45, 7) is 2.41. The maximum Gasteiger partial charge on any atom is 0.309 e. The van der Waals surface area contributed by atoms with Crippen LogP contribution in [0.25, 0.3) is 0 Å². The highest BCUT2D eigenvalue weighted by molar-refractivity contribution is 5.81. The van der Waals surface area contributed by atoms with E-state index < -0.39 is 11.9 Å². The summed E-state index contributed by atoms with van der Waals surface area (Å²) in [5, 5.41) is 2.62. The first-order valence-corrected chi connectivity index (χ1v) is 7.19. The predicted molar refractivity (Wildman–Crippen MR) is 79.7 cm³/mol. The predicted octanol–water partition coefficient (Wildman–Crippen LogP) is 1.70. The van der Waals surface area contributed by atoms with Gasteiger partial charge in [-0.2, -0.15) is 0 Å². The van der Waals surface area contributed by atoms with E-state index in [-0.39, 0.29) is 18.3 Å². The Balaban J connectivity index is 2.27. The zero-order chi connectivity index (χ0) is 16.4. The van der Waals surface area contributed by atoms with Gasteiger partial charge < -0.3 is 14.8 Å². The molecule has 0 saturated heterocycles. The SMILES string of the molecule is COCCCNC(=O)COC(=O)C(C)Cc1cccc(F)c1. The fourth-order valence-corrected chi connectivity index (χ4v) is 1.88. The minimum Gasteiger partial charge on any atom is -0.455 e. The van der Waals surface area contributed by atoms with Crippen molar-refractivity contribution in [3.8, 4) is 0 Å². The molecule has 0 heterocycles. The summed E-state index contributed by atoms with van der Waals surface area (Å²) in [7, 11) is 1.59. The number of nitrogens with one attached hydrogen (secondary N) is 1. The van der Waals surface area contributed by atoms with Crippen molar-refractivity contribution in [3.63, 3.8) is 0 Å². The number of rotatable bonds is 9.